The largest absolute Gasteiger partial charge is 0.335 e. The van der Waals surface area contributed by atoms with E-state index in [9.17, 15) is 4.79 Å². The number of rotatable bonds is 4. The fourth-order valence-electron chi connectivity index (χ4n) is 2.11. The van der Waals surface area contributed by atoms with E-state index in [4.69, 9.17) is 0 Å². The molecule has 88 valence electrons. The Balaban J connectivity index is 2.33. The molecule has 1 heterocycles. The van der Waals surface area contributed by atoms with E-state index in [1.807, 2.05) is 4.90 Å². The van der Waals surface area contributed by atoms with Gasteiger partial charge in [0.2, 0.25) is 0 Å². The van der Waals surface area contributed by atoms with Crippen molar-refractivity contribution in [2.24, 2.45) is 5.92 Å². The number of carbonyl (C=O) groups excluding carboxylic acids is 1. The third-order valence-corrected chi connectivity index (χ3v) is 3.17. The van der Waals surface area contributed by atoms with Crippen molar-refractivity contribution in [3.05, 3.63) is 0 Å². The Hall–Kier alpha value is -0.730. The van der Waals surface area contributed by atoms with Crippen molar-refractivity contribution >= 4 is 6.03 Å². The summed E-state index contributed by atoms with van der Waals surface area (Å²) in [5.74, 6) is 0.669. The molecule has 3 heteroatoms. The maximum Gasteiger partial charge on any atom is 0.317 e. The average molecular weight is 212 g/mol. The van der Waals surface area contributed by atoms with Crippen LogP contribution >= 0.6 is 0 Å². The van der Waals surface area contributed by atoms with Crippen LogP contribution in [-0.4, -0.2) is 30.1 Å². The van der Waals surface area contributed by atoms with Crippen molar-refractivity contribution in [2.45, 2.75) is 52.5 Å². The highest BCUT2D eigenvalue weighted by Crippen LogP contribution is 2.15. The van der Waals surface area contributed by atoms with E-state index in [0.717, 1.165) is 38.8 Å². The molecule has 2 atom stereocenters. The molecular formula is C12H24N2O. The van der Waals surface area contributed by atoms with E-state index in [1.165, 1.54) is 0 Å². The smallest absolute Gasteiger partial charge is 0.317 e. The van der Waals surface area contributed by atoms with Gasteiger partial charge in [0, 0.05) is 19.1 Å². The summed E-state index contributed by atoms with van der Waals surface area (Å²) >= 11 is 0. The lowest BCUT2D eigenvalue weighted by molar-refractivity contribution is 0.202. The van der Waals surface area contributed by atoms with Gasteiger partial charge in [-0.3, -0.25) is 0 Å². The number of hydrogen-bond acceptors (Lipinski definition) is 1. The molecule has 0 aliphatic carbocycles. The van der Waals surface area contributed by atoms with Crippen molar-refractivity contribution in [1.82, 2.24) is 10.2 Å². The zero-order valence-electron chi connectivity index (χ0n) is 10.3. The lowest BCUT2D eigenvalue weighted by Crippen LogP contribution is -2.43. The quantitative estimate of drug-likeness (QED) is 0.763. The molecule has 1 aliphatic rings. The molecule has 0 aromatic rings. The van der Waals surface area contributed by atoms with Crippen LogP contribution in [0.1, 0.15) is 46.5 Å². The van der Waals surface area contributed by atoms with Gasteiger partial charge in [0.05, 0.1) is 0 Å². The minimum atomic E-state index is 0.139. The summed E-state index contributed by atoms with van der Waals surface area (Å²) < 4.78 is 0. The number of nitrogens with one attached hydrogen (secondary N) is 1. The van der Waals surface area contributed by atoms with Gasteiger partial charge < -0.3 is 10.2 Å². The lowest BCUT2D eigenvalue weighted by atomic mass is 10.1. The second-order valence-electron chi connectivity index (χ2n) is 4.68. The van der Waals surface area contributed by atoms with Gasteiger partial charge in [-0.15, -0.1) is 0 Å². The molecule has 0 bridgehead atoms. The molecule has 1 rings (SSSR count). The van der Waals surface area contributed by atoms with E-state index in [2.05, 4.69) is 26.1 Å². The van der Waals surface area contributed by atoms with E-state index < -0.39 is 0 Å². The van der Waals surface area contributed by atoms with Gasteiger partial charge in [-0.1, -0.05) is 27.2 Å². The summed E-state index contributed by atoms with van der Waals surface area (Å²) in [6.45, 7) is 8.35. The Morgan fingerprint density at radius 1 is 1.53 bits per heavy atom. The van der Waals surface area contributed by atoms with Crippen LogP contribution in [0.15, 0.2) is 0 Å². The summed E-state index contributed by atoms with van der Waals surface area (Å²) in [6, 6.07) is 0.498. The minimum absolute atomic E-state index is 0.139. The maximum absolute atomic E-state index is 11.8. The average Bonchev–Trinajstić information content (AvgIpc) is 2.64. The van der Waals surface area contributed by atoms with Crippen molar-refractivity contribution in [3.8, 4) is 0 Å². The van der Waals surface area contributed by atoms with Crippen molar-refractivity contribution in [3.63, 3.8) is 0 Å². The molecule has 1 unspecified atom stereocenters. The predicted molar refractivity (Wildman–Crippen MR) is 62.9 cm³/mol. The first-order valence-electron chi connectivity index (χ1n) is 6.22. The number of carbonyl (C=O) groups is 1. The summed E-state index contributed by atoms with van der Waals surface area (Å²) in [5.41, 5.74) is 0. The van der Waals surface area contributed by atoms with Crippen molar-refractivity contribution in [2.75, 3.05) is 13.1 Å². The predicted octanol–water partition coefficient (Wildman–Crippen LogP) is 2.62. The monoisotopic (exact) mass is 212 g/mol. The third kappa shape index (κ3) is 3.73. The fourth-order valence-corrected chi connectivity index (χ4v) is 2.11. The van der Waals surface area contributed by atoms with Gasteiger partial charge in [0.25, 0.3) is 0 Å². The Morgan fingerprint density at radius 2 is 2.27 bits per heavy atom. The second kappa shape index (κ2) is 5.99. The Morgan fingerprint density at radius 3 is 2.73 bits per heavy atom. The van der Waals surface area contributed by atoms with Gasteiger partial charge in [-0.25, -0.2) is 4.79 Å². The van der Waals surface area contributed by atoms with Crippen LogP contribution in [-0.2, 0) is 0 Å². The molecule has 0 aromatic carbocycles. The van der Waals surface area contributed by atoms with Crippen LogP contribution in [0.4, 0.5) is 4.79 Å². The summed E-state index contributed by atoms with van der Waals surface area (Å²) in [6.07, 6.45) is 4.40. The molecule has 3 nitrogen and oxygen atoms in total. The molecular weight excluding hydrogens is 188 g/mol. The SMILES string of the molecule is CCCC(CC)NC(=O)N1CC[C@@H](C)C1. The second-order valence-corrected chi connectivity index (χ2v) is 4.68. The first-order valence-corrected chi connectivity index (χ1v) is 6.22. The molecule has 0 aromatic heterocycles. The highest BCUT2D eigenvalue weighted by molar-refractivity contribution is 5.74. The van der Waals surface area contributed by atoms with Crippen LogP contribution in [0.2, 0.25) is 0 Å². The third-order valence-electron chi connectivity index (χ3n) is 3.17. The van der Waals surface area contributed by atoms with Gasteiger partial charge in [-0.2, -0.15) is 0 Å². The molecule has 0 saturated carbocycles. The standard InChI is InChI=1S/C12H24N2O/c1-4-6-11(5-2)13-12(15)14-8-7-10(3)9-14/h10-11H,4-9H2,1-3H3,(H,13,15)/t10-,11?/m1/s1. The summed E-state index contributed by atoms with van der Waals surface area (Å²) in [4.78, 5) is 13.8. The summed E-state index contributed by atoms with van der Waals surface area (Å²) in [5, 5.41) is 3.12. The first-order chi connectivity index (χ1) is 7.17. The Labute approximate surface area is 93.2 Å². The van der Waals surface area contributed by atoms with Crippen LogP contribution in [0.25, 0.3) is 0 Å². The zero-order chi connectivity index (χ0) is 11.3. The van der Waals surface area contributed by atoms with Crippen LogP contribution in [0, 0.1) is 5.92 Å². The normalized spacial score (nSPS) is 22.9. The van der Waals surface area contributed by atoms with E-state index >= 15 is 0 Å². The van der Waals surface area contributed by atoms with E-state index in [-0.39, 0.29) is 6.03 Å². The maximum atomic E-state index is 11.8. The molecule has 1 N–H and O–H groups in total. The van der Waals surface area contributed by atoms with E-state index in [0.29, 0.717) is 12.0 Å². The minimum Gasteiger partial charge on any atom is -0.335 e. The van der Waals surface area contributed by atoms with Crippen molar-refractivity contribution in [1.29, 1.82) is 0 Å². The van der Waals surface area contributed by atoms with Crippen molar-refractivity contribution < 1.29 is 4.79 Å². The van der Waals surface area contributed by atoms with Crippen LogP contribution in [0.3, 0.4) is 0 Å². The Bertz CT molecular complexity index is 206. The highest BCUT2D eigenvalue weighted by atomic mass is 16.2. The molecule has 1 saturated heterocycles. The molecule has 0 spiro atoms. The Kier molecular flexibility index (Phi) is 4.92. The van der Waals surface area contributed by atoms with Crippen LogP contribution in [0.5, 0.6) is 0 Å². The molecule has 2 amide bonds. The number of urea groups is 1. The molecule has 15 heavy (non-hydrogen) atoms. The van der Waals surface area contributed by atoms with Gasteiger partial charge in [-0.05, 0) is 25.2 Å². The molecule has 1 fully saturated rings. The fraction of sp³-hybridized carbons (Fsp3) is 0.917. The highest BCUT2D eigenvalue weighted by Gasteiger charge is 2.24. The number of hydrogen-bond donors (Lipinski definition) is 1. The number of amides is 2. The molecule has 0 radical (unpaired) electrons. The number of likely N-dealkylation sites (tertiary alicyclic amines) is 1. The molecule has 1 aliphatic heterocycles. The summed E-state index contributed by atoms with van der Waals surface area (Å²) in [7, 11) is 0. The van der Waals surface area contributed by atoms with Crippen LogP contribution < -0.4 is 5.32 Å². The van der Waals surface area contributed by atoms with E-state index in [1.54, 1.807) is 0 Å². The lowest BCUT2D eigenvalue weighted by Gasteiger charge is -2.22. The van der Waals surface area contributed by atoms with Gasteiger partial charge in [0.1, 0.15) is 0 Å². The topological polar surface area (TPSA) is 32.3 Å². The zero-order valence-corrected chi connectivity index (χ0v) is 10.3. The number of nitrogens with zero attached hydrogens (tertiary/aromatic N) is 1. The van der Waals surface area contributed by atoms with Gasteiger partial charge in [0.15, 0.2) is 0 Å². The first kappa shape index (κ1) is 12.3. The van der Waals surface area contributed by atoms with Gasteiger partial charge >= 0.3 is 6.03 Å².